The van der Waals surface area contributed by atoms with Crippen LogP contribution in [0.25, 0.3) is 0 Å². The standard InChI is InChI=1S/C23H23N5OS/c1-14-4-3-5-15(2)20(14)28-13-30-21-19(22(28)29)12-25-23(27-21)26-18-7-6-16-8-9-24-11-17(16)10-18/h3-7,10,12,24H,8-9,11,13H2,1-2H3,(H,25,26,27). The largest absolute Gasteiger partial charge is 0.324 e. The quantitative estimate of drug-likeness (QED) is 0.623. The number of benzene rings is 2. The topological polar surface area (TPSA) is 70.2 Å². The highest BCUT2D eigenvalue weighted by Gasteiger charge is 2.29. The molecule has 2 aliphatic rings. The van der Waals surface area contributed by atoms with Crippen LogP contribution in [0, 0.1) is 13.8 Å². The van der Waals surface area contributed by atoms with Gasteiger partial charge in [0.25, 0.3) is 5.91 Å². The number of aromatic nitrogens is 2. The first-order chi connectivity index (χ1) is 14.6. The Labute approximate surface area is 180 Å². The van der Waals surface area contributed by atoms with Gasteiger partial charge in [-0.25, -0.2) is 9.97 Å². The average Bonchev–Trinajstić information content (AvgIpc) is 2.75. The van der Waals surface area contributed by atoms with Gasteiger partial charge >= 0.3 is 0 Å². The normalized spacial score (nSPS) is 15.5. The van der Waals surface area contributed by atoms with Crippen molar-refractivity contribution in [3.05, 3.63) is 70.4 Å². The molecular weight excluding hydrogens is 394 g/mol. The number of fused-ring (bicyclic) bond motifs is 2. The predicted molar refractivity (Wildman–Crippen MR) is 121 cm³/mol. The molecule has 3 heterocycles. The van der Waals surface area contributed by atoms with Crippen LogP contribution in [0.2, 0.25) is 0 Å². The maximum atomic E-state index is 13.2. The second-order valence-corrected chi connectivity index (χ2v) is 8.63. The minimum Gasteiger partial charge on any atom is -0.324 e. The van der Waals surface area contributed by atoms with Gasteiger partial charge in [0.2, 0.25) is 5.95 Å². The summed E-state index contributed by atoms with van der Waals surface area (Å²) in [5.41, 5.74) is 7.36. The van der Waals surface area contributed by atoms with Crippen molar-refractivity contribution in [2.75, 3.05) is 22.6 Å². The lowest BCUT2D eigenvalue weighted by atomic mass is 10.0. The second kappa shape index (κ2) is 7.74. The molecule has 0 spiro atoms. The molecule has 5 rings (SSSR count). The van der Waals surface area contributed by atoms with Gasteiger partial charge < -0.3 is 10.6 Å². The van der Waals surface area contributed by atoms with Gasteiger partial charge in [0.1, 0.15) is 5.03 Å². The molecule has 0 unspecified atom stereocenters. The first-order valence-electron chi connectivity index (χ1n) is 10.1. The molecule has 2 aromatic carbocycles. The fourth-order valence-corrected chi connectivity index (χ4v) is 5.04. The maximum Gasteiger partial charge on any atom is 0.263 e. The molecule has 152 valence electrons. The number of aryl methyl sites for hydroxylation is 2. The Morgan fingerprint density at radius 1 is 1.13 bits per heavy atom. The van der Waals surface area contributed by atoms with E-state index in [-0.39, 0.29) is 5.91 Å². The van der Waals surface area contributed by atoms with Crippen molar-refractivity contribution in [1.82, 2.24) is 15.3 Å². The van der Waals surface area contributed by atoms with E-state index in [0.717, 1.165) is 47.0 Å². The summed E-state index contributed by atoms with van der Waals surface area (Å²) in [6.45, 7) is 5.98. The number of carbonyl (C=O) groups is 1. The molecular formula is C23H23N5OS. The lowest BCUT2D eigenvalue weighted by molar-refractivity contribution is 0.0985. The van der Waals surface area contributed by atoms with E-state index in [0.29, 0.717) is 17.4 Å². The summed E-state index contributed by atoms with van der Waals surface area (Å²) < 4.78 is 0. The van der Waals surface area contributed by atoms with E-state index in [4.69, 9.17) is 0 Å². The number of amides is 1. The average molecular weight is 418 g/mol. The van der Waals surface area contributed by atoms with Crippen molar-refractivity contribution < 1.29 is 4.79 Å². The highest BCUT2D eigenvalue weighted by atomic mass is 32.2. The summed E-state index contributed by atoms with van der Waals surface area (Å²) in [4.78, 5) is 24.0. The Morgan fingerprint density at radius 2 is 1.97 bits per heavy atom. The van der Waals surface area contributed by atoms with Crippen LogP contribution in [0.1, 0.15) is 32.6 Å². The van der Waals surface area contributed by atoms with E-state index in [1.54, 1.807) is 18.0 Å². The molecule has 7 heteroatoms. The van der Waals surface area contributed by atoms with Gasteiger partial charge in [0.05, 0.1) is 17.1 Å². The number of para-hydroxylation sites is 1. The zero-order valence-corrected chi connectivity index (χ0v) is 17.8. The van der Waals surface area contributed by atoms with E-state index in [2.05, 4.69) is 38.8 Å². The number of rotatable bonds is 3. The molecule has 0 radical (unpaired) electrons. The lowest BCUT2D eigenvalue weighted by Gasteiger charge is -2.29. The fraction of sp³-hybridized carbons (Fsp3) is 0.261. The Hall–Kier alpha value is -2.90. The molecule has 2 aliphatic heterocycles. The Bertz CT molecular complexity index is 1130. The van der Waals surface area contributed by atoms with Crippen molar-refractivity contribution >= 4 is 35.0 Å². The van der Waals surface area contributed by atoms with Crippen molar-refractivity contribution in [2.45, 2.75) is 31.8 Å². The van der Waals surface area contributed by atoms with Gasteiger partial charge in [-0.05, 0) is 61.2 Å². The summed E-state index contributed by atoms with van der Waals surface area (Å²) in [6.07, 6.45) is 2.69. The van der Waals surface area contributed by atoms with E-state index in [9.17, 15) is 4.79 Å². The molecule has 6 nitrogen and oxygen atoms in total. The first-order valence-corrected chi connectivity index (χ1v) is 11.1. The van der Waals surface area contributed by atoms with E-state index >= 15 is 0 Å². The fourth-order valence-electron chi connectivity index (χ4n) is 4.10. The molecule has 0 aliphatic carbocycles. The number of hydrogen-bond acceptors (Lipinski definition) is 6. The van der Waals surface area contributed by atoms with Crippen LogP contribution < -0.4 is 15.5 Å². The zero-order valence-electron chi connectivity index (χ0n) is 17.0. The first kappa shape index (κ1) is 19.1. The molecule has 2 N–H and O–H groups in total. The highest BCUT2D eigenvalue weighted by Crippen LogP contribution is 2.35. The molecule has 0 saturated heterocycles. The van der Waals surface area contributed by atoms with Crippen LogP contribution in [0.3, 0.4) is 0 Å². The molecule has 1 aromatic heterocycles. The number of thioether (sulfide) groups is 1. The minimum atomic E-state index is -0.0486. The zero-order chi connectivity index (χ0) is 20.7. The third-order valence-corrected chi connectivity index (χ3v) is 6.59. The van der Waals surface area contributed by atoms with Gasteiger partial charge in [-0.15, -0.1) is 0 Å². The summed E-state index contributed by atoms with van der Waals surface area (Å²) in [5.74, 6) is 1.00. The minimum absolute atomic E-state index is 0.0486. The van der Waals surface area contributed by atoms with Crippen LogP contribution in [0.15, 0.2) is 47.6 Å². The number of nitrogens with one attached hydrogen (secondary N) is 2. The number of anilines is 3. The lowest BCUT2D eigenvalue weighted by Crippen LogP contribution is -2.35. The molecule has 0 bridgehead atoms. The summed E-state index contributed by atoms with van der Waals surface area (Å²) >= 11 is 1.56. The van der Waals surface area contributed by atoms with Crippen LogP contribution in [-0.4, -0.2) is 28.3 Å². The molecule has 0 fully saturated rings. The number of carbonyl (C=O) groups excluding carboxylic acids is 1. The van der Waals surface area contributed by atoms with Crippen molar-refractivity contribution in [3.8, 4) is 0 Å². The third kappa shape index (κ3) is 3.44. The molecule has 1 amide bonds. The monoisotopic (exact) mass is 417 g/mol. The maximum absolute atomic E-state index is 13.2. The van der Waals surface area contributed by atoms with Gasteiger partial charge in [-0.2, -0.15) is 0 Å². The third-order valence-electron chi connectivity index (χ3n) is 5.62. The number of nitrogens with zero attached hydrogens (tertiary/aromatic N) is 3. The van der Waals surface area contributed by atoms with Crippen LogP contribution in [0.5, 0.6) is 0 Å². The van der Waals surface area contributed by atoms with E-state index in [1.165, 1.54) is 11.1 Å². The summed E-state index contributed by atoms with van der Waals surface area (Å²) in [6, 6.07) is 12.5. The Kier molecular flexibility index (Phi) is 4.92. The Balaban J connectivity index is 1.40. The Morgan fingerprint density at radius 3 is 2.80 bits per heavy atom. The summed E-state index contributed by atoms with van der Waals surface area (Å²) in [5, 5.41) is 7.41. The molecule has 30 heavy (non-hydrogen) atoms. The van der Waals surface area contributed by atoms with Crippen molar-refractivity contribution in [1.29, 1.82) is 0 Å². The number of hydrogen-bond donors (Lipinski definition) is 2. The van der Waals surface area contributed by atoms with Gasteiger partial charge in [-0.3, -0.25) is 9.69 Å². The molecule has 0 saturated carbocycles. The van der Waals surface area contributed by atoms with Crippen molar-refractivity contribution in [3.63, 3.8) is 0 Å². The second-order valence-electron chi connectivity index (χ2n) is 7.69. The van der Waals surface area contributed by atoms with Crippen molar-refractivity contribution in [2.24, 2.45) is 0 Å². The summed E-state index contributed by atoms with van der Waals surface area (Å²) in [7, 11) is 0. The van der Waals surface area contributed by atoms with Crippen LogP contribution >= 0.6 is 11.8 Å². The van der Waals surface area contributed by atoms with Gasteiger partial charge in [0.15, 0.2) is 0 Å². The SMILES string of the molecule is Cc1cccc(C)c1N1CSc2nc(Nc3ccc4c(c3)CNCC4)ncc2C1=O. The smallest absolute Gasteiger partial charge is 0.263 e. The molecule has 0 atom stereocenters. The van der Waals surface area contributed by atoms with Crippen LogP contribution in [0.4, 0.5) is 17.3 Å². The predicted octanol–water partition coefficient (Wildman–Crippen LogP) is 4.19. The van der Waals surface area contributed by atoms with E-state index in [1.807, 2.05) is 36.9 Å². The highest BCUT2D eigenvalue weighted by molar-refractivity contribution is 7.99. The molecule has 3 aromatic rings. The van der Waals surface area contributed by atoms with Crippen LogP contribution in [-0.2, 0) is 13.0 Å². The van der Waals surface area contributed by atoms with E-state index < -0.39 is 0 Å². The van der Waals surface area contributed by atoms with Gasteiger partial charge in [-0.1, -0.05) is 36.0 Å². The van der Waals surface area contributed by atoms with Gasteiger partial charge in [0, 0.05) is 18.4 Å².